The molecule has 18 heavy (non-hydrogen) atoms. The van der Waals surface area contributed by atoms with Crippen molar-refractivity contribution in [1.29, 1.82) is 0 Å². The molecule has 2 aromatic rings. The van der Waals surface area contributed by atoms with Crippen LogP contribution in [-0.4, -0.2) is 17.0 Å². The molecule has 0 radical (unpaired) electrons. The first kappa shape index (κ1) is 12.4. The minimum absolute atomic E-state index is 0.545. The summed E-state index contributed by atoms with van der Waals surface area (Å²) in [6, 6.07) is 3.82. The summed E-state index contributed by atoms with van der Waals surface area (Å²) in [6.07, 6.45) is 2.44. The van der Waals surface area contributed by atoms with Gasteiger partial charge in [0.05, 0.1) is 12.8 Å². The third-order valence-electron chi connectivity index (χ3n) is 2.85. The van der Waals surface area contributed by atoms with Crippen LogP contribution < -0.4 is 10.6 Å². The Hall–Kier alpha value is -2.04. The molecule has 0 aliphatic rings. The zero-order valence-corrected chi connectivity index (χ0v) is 11.0. The van der Waals surface area contributed by atoms with Crippen LogP contribution in [0.2, 0.25) is 0 Å². The zero-order valence-electron chi connectivity index (χ0n) is 11.0. The molecule has 0 aromatic carbocycles. The number of rotatable bonds is 4. The Morgan fingerprint density at radius 1 is 1.39 bits per heavy atom. The number of nitrogen functional groups attached to an aromatic ring is 1. The van der Waals surface area contributed by atoms with E-state index in [1.807, 2.05) is 37.9 Å². The van der Waals surface area contributed by atoms with E-state index >= 15 is 0 Å². The summed E-state index contributed by atoms with van der Waals surface area (Å²) in [5, 5.41) is 0. The van der Waals surface area contributed by atoms with Crippen molar-refractivity contribution in [1.82, 2.24) is 9.97 Å². The molecule has 0 fully saturated rings. The van der Waals surface area contributed by atoms with E-state index in [1.165, 1.54) is 0 Å². The highest BCUT2D eigenvalue weighted by Gasteiger charge is 2.13. The van der Waals surface area contributed by atoms with E-state index in [1.54, 1.807) is 6.26 Å². The molecule has 0 amide bonds. The van der Waals surface area contributed by atoms with Gasteiger partial charge in [0, 0.05) is 19.0 Å². The maximum Gasteiger partial charge on any atom is 0.137 e. The predicted molar refractivity (Wildman–Crippen MR) is 71.4 cm³/mol. The first-order valence-electron chi connectivity index (χ1n) is 5.98. The van der Waals surface area contributed by atoms with Gasteiger partial charge in [0.15, 0.2) is 0 Å². The van der Waals surface area contributed by atoms with Crippen molar-refractivity contribution >= 4 is 11.6 Å². The van der Waals surface area contributed by atoms with Gasteiger partial charge < -0.3 is 15.1 Å². The number of hydrogen-bond donors (Lipinski definition) is 1. The van der Waals surface area contributed by atoms with Crippen molar-refractivity contribution < 1.29 is 4.42 Å². The summed E-state index contributed by atoms with van der Waals surface area (Å²) in [5.41, 5.74) is 6.81. The molecule has 2 rings (SSSR count). The van der Waals surface area contributed by atoms with Crippen LogP contribution in [0, 0.1) is 6.92 Å². The lowest BCUT2D eigenvalue weighted by atomic mass is 10.2. The highest BCUT2D eigenvalue weighted by molar-refractivity contribution is 5.56. The summed E-state index contributed by atoms with van der Waals surface area (Å²) in [5.74, 6) is 3.06. The third kappa shape index (κ3) is 2.45. The molecular formula is C13H18N4O. The summed E-state index contributed by atoms with van der Waals surface area (Å²) in [4.78, 5) is 10.8. The highest BCUT2D eigenvalue weighted by Crippen LogP contribution is 2.22. The number of anilines is 2. The normalized spacial score (nSPS) is 10.6. The Morgan fingerprint density at radius 3 is 2.78 bits per heavy atom. The van der Waals surface area contributed by atoms with Gasteiger partial charge in [-0.15, -0.1) is 0 Å². The molecule has 0 saturated heterocycles. The second-order valence-corrected chi connectivity index (χ2v) is 4.26. The smallest absolute Gasteiger partial charge is 0.137 e. The number of aryl methyl sites for hydroxylation is 1. The van der Waals surface area contributed by atoms with Gasteiger partial charge in [-0.3, -0.25) is 0 Å². The molecule has 2 N–H and O–H groups in total. The van der Waals surface area contributed by atoms with Gasteiger partial charge in [-0.2, -0.15) is 0 Å². The standard InChI is InChI=1S/C13H18N4O/c1-4-11-15-12(14)9(2)13(16-11)17(3)8-10-6-5-7-18-10/h5-7H,4,8H2,1-3H3,(H2,14,15,16). The number of hydrogen-bond acceptors (Lipinski definition) is 5. The molecule has 0 saturated carbocycles. The summed E-state index contributed by atoms with van der Waals surface area (Å²) >= 11 is 0. The summed E-state index contributed by atoms with van der Waals surface area (Å²) in [6.45, 7) is 4.61. The maximum atomic E-state index is 5.91. The molecule has 0 spiro atoms. The van der Waals surface area contributed by atoms with Crippen LogP contribution in [0.3, 0.4) is 0 Å². The van der Waals surface area contributed by atoms with Crippen LogP contribution in [0.5, 0.6) is 0 Å². The number of aromatic nitrogens is 2. The fourth-order valence-electron chi connectivity index (χ4n) is 1.81. The van der Waals surface area contributed by atoms with Gasteiger partial charge >= 0.3 is 0 Å². The summed E-state index contributed by atoms with van der Waals surface area (Å²) < 4.78 is 5.34. The Morgan fingerprint density at radius 2 is 2.17 bits per heavy atom. The monoisotopic (exact) mass is 246 g/mol. The van der Waals surface area contributed by atoms with Gasteiger partial charge in [0.1, 0.15) is 23.2 Å². The van der Waals surface area contributed by atoms with Gasteiger partial charge in [-0.25, -0.2) is 9.97 Å². The SMILES string of the molecule is CCc1nc(N)c(C)c(N(C)Cc2ccco2)n1. The average molecular weight is 246 g/mol. The van der Waals surface area contributed by atoms with Gasteiger partial charge in [0.2, 0.25) is 0 Å². The van der Waals surface area contributed by atoms with Crippen LogP contribution in [-0.2, 0) is 13.0 Å². The van der Waals surface area contributed by atoms with Crippen molar-refractivity contribution in [3.8, 4) is 0 Å². The summed E-state index contributed by atoms with van der Waals surface area (Å²) in [7, 11) is 1.97. The Bertz CT molecular complexity index is 522. The van der Waals surface area contributed by atoms with Crippen LogP contribution in [0.1, 0.15) is 24.1 Å². The molecule has 2 heterocycles. The van der Waals surface area contributed by atoms with Crippen molar-refractivity contribution in [2.24, 2.45) is 0 Å². The molecule has 0 aliphatic carbocycles. The number of nitrogens with zero attached hydrogens (tertiary/aromatic N) is 3. The van der Waals surface area contributed by atoms with Crippen LogP contribution in [0.25, 0.3) is 0 Å². The Labute approximate surface area is 107 Å². The van der Waals surface area contributed by atoms with E-state index in [9.17, 15) is 0 Å². The largest absolute Gasteiger partial charge is 0.467 e. The Kier molecular flexibility index (Phi) is 3.50. The highest BCUT2D eigenvalue weighted by atomic mass is 16.3. The molecule has 0 bridgehead atoms. The van der Waals surface area contributed by atoms with Crippen LogP contribution in [0.4, 0.5) is 11.6 Å². The quantitative estimate of drug-likeness (QED) is 0.895. The zero-order chi connectivity index (χ0) is 13.1. The molecule has 0 unspecified atom stereocenters. The molecule has 2 aromatic heterocycles. The lowest BCUT2D eigenvalue weighted by Gasteiger charge is -2.20. The first-order valence-corrected chi connectivity index (χ1v) is 5.98. The van der Waals surface area contributed by atoms with E-state index in [0.29, 0.717) is 12.4 Å². The first-order chi connectivity index (χ1) is 8.61. The van der Waals surface area contributed by atoms with E-state index in [4.69, 9.17) is 10.2 Å². The van der Waals surface area contributed by atoms with E-state index in [0.717, 1.165) is 29.4 Å². The predicted octanol–water partition coefficient (Wildman–Crippen LogP) is 2.16. The number of furan rings is 1. The van der Waals surface area contributed by atoms with Crippen molar-refractivity contribution in [2.75, 3.05) is 17.7 Å². The van der Waals surface area contributed by atoms with E-state index in [2.05, 4.69) is 9.97 Å². The van der Waals surface area contributed by atoms with Gasteiger partial charge in [-0.1, -0.05) is 6.92 Å². The van der Waals surface area contributed by atoms with Crippen LogP contribution in [0.15, 0.2) is 22.8 Å². The van der Waals surface area contributed by atoms with Crippen molar-refractivity contribution in [2.45, 2.75) is 26.8 Å². The number of nitrogens with two attached hydrogens (primary N) is 1. The molecule has 0 aliphatic heterocycles. The minimum atomic E-state index is 0.545. The minimum Gasteiger partial charge on any atom is -0.467 e. The van der Waals surface area contributed by atoms with E-state index < -0.39 is 0 Å². The third-order valence-corrected chi connectivity index (χ3v) is 2.85. The second kappa shape index (κ2) is 5.08. The fraction of sp³-hybridized carbons (Fsp3) is 0.385. The second-order valence-electron chi connectivity index (χ2n) is 4.26. The lowest BCUT2D eigenvalue weighted by Crippen LogP contribution is -2.20. The van der Waals surface area contributed by atoms with Gasteiger partial charge in [0.25, 0.3) is 0 Å². The van der Waals surface area contributed by atoms with Gasteiger partial charge in [-0.05, 0) is 19.1 Å². The molecule has 0 atom stereocenters. The topological polar surface area (TPSA) is 68.2 Å². The van der Waals surface area contributed by atoms with Crippen molar-refractivity contribution in [3.05, 3.63) is 35.5 Å². The fourth-order valence-corrected chi connectivity index (χ4v) is 1.81. The Balaban J connectivity index is 2.29. The molecule has 96 valence electrons. The molecule has 5 nitrogen and oxygen atoms in total. The average Bonchev–Trinajstić information content (AvgIpc) is 2.85. The maximum absolute atomic E-state index is 5.91. The van der Waals surface area contributed by atoms with Crippen LogP contribution >= 0.6 is 0 Å². The van der Waals surface area contributed by atoms with E-state index in [-0.39, 0.29) is 0 Å². The lowest BCUT2D eigenvalue weighted by molar-refractivity contribution is 0.506. The van der Waals surface area contributed by atoms with Crippen molar-refractivity contribution in [3.63, 3.8) is 0 Å². The molecule has 5 heteroatoms. The molecular weight excluding hydrogens is 228 g/mol.